The molecule has 0 spiro atoms. The van der Waals surface area contributed by atoms with Crippen LogP contribution in [0.25, 0.3) is 11.1 Å². The van der Waals surface area contributed by atoms with Crippen molar-refractivity contribution in [3.63, 3.8) is 0 Å². The average molecular weight is 587 g/mol. The van der Waals surface area contributed by atoms with Crippen molar-refractivity contribution < 1.29 is 27.3 Å². The third kappa shape index (κ3) is 6.30. The minimum atomic E-state index is -3.07. The molecule has 5 rings (SSSR count). The quantitative estimate of drug-likeness (QED) is 0.458. The van der Waals surface area contributed by atoms with Gasteiger partial charge >= 0.3 is 0 Å². The Morgan fingerprint density at radius 1 is 1.20 bits per heavy atom. The Bertz CT molecular complexity index is 1610. The van der Waals surface area contributed by atoms with Crippen LogP contribution < -0.4 is 10.2 Å². The number of carbonyl (C=O) groups is 2. The molecule has 0 radical (unpaired) electrons. The van der Waals surface area contributed by atoms with Gasteiger partial charge in [0, 0.05) is 73.3 Å². The number of hydrogen-bond donors (Lipinski definition) is 1. The maximum Gasteiger partial charge on any atom is 0.261 e. The summed E-state index contributed by atoms with van der Waals surface area (Å²) in [5.74, 6) is -3.80. The zero-order chi connectivity index (χ0) is 29.4. The van der Waals surface area contributed by atoms with Gasteiger partial charge in [-0.3, -0.25) is 14.3 Å². The molecule has 1 atom stereocenters. The molecule has 0 aliphatic carbocycles. The molecule has 1 unspecified atom stereocenters. The van der Waals surface area contributed by atoms with Gasteiger partial charge in [0.2, 0.25) is 5.92 Å². The van der Waals surface area contributed by atoms with Gasteiger partial charge in [-0.2, -0.15) is 9.46 Å². The fourth-order valence-corrected chi connectivity index (χ4v) is 6.18. The van der Waals surface area contributed by atoms with Crippen LogP contribution >= 0.6 is 0 Å². The van der Waals surface area contributed by atoms with E-state index >= 15 is 0 Å². The normalized spacial score (nSPS) is 18.6. The van der Waals surface area contributed by atoms with Gasteiger partial charge < -0.3 is 15.0 Å². The van der Waals surface area contributed by atoms with Gasteiger partial charge in [-0.05, 0) is 37.1 Å². The fraction of sp³-hybridized carbons (Fsp3) is 0.429. The third-order valence-corrected chi connectivity index (χ3v) is 9.02. The first-order valence-electron chi connectivity index (χ1n) is 13.3. The summed E-state index contributed by atoms with van der Waals surface area (Å²) in [5.41, 5.74) is 2.67. The number of nitrogens with one attached hydrogen (secondary N) is 1. The van der Waals surface area contributed by atoms with Crippen LogP contribution in [0.4, 0.5) is 20.3 Å². The van der Waals surface area contributed by atoms with Gasteiger partial charge in [0.25, 0.3) is 11.8 Å². The highest BCUT2D eigenvalue weighted by molar-refractivity contribution is 7.93. The monoisotopic (exact) mass is 586 g/mol. The number of alkyl halides is 2. The lowest BCUT2D eigenvalue weighted by atomic mass is 9.99. The molecule has 2 saturated heterocycles. The number of hydrogen-bond acceptors (Lipinski definition) is 7. The van der Waals surface area contributed by atoms with Crippen molar-refractivity contribution in [1.29, 1.82) is 0 Å². The molecular weight excluding hydrogens is 554 g/mol. The van der Waals surface area contributed by atoms with Crippen LogP contribution in [-0.4, -0.2) is 69.3 Å². The Morgan fingerprint density at radius 2 is 1.98 bits per heavy atom. The predicted octanol–water partition coefficient (Wildman–Crippen LogP) is 4.30. The number of nitrogens with zero attached hydrogens (tertiary/aromatic N) is 5. The van der Waals surface area contributed by atoms with Gasteiger partial charge in [-0.15, -0.1) is 0 Å². The summed E-state index contributed by atoms with van der Waals surface area (Å²) in [5, 5.41) is 7.08. The summed E-state index contributed by atoms with van der Waals surface area (Å²) in [6, 6.07) is 6.37. The second kappa shape index (κ2) is 11.3. The highest BCUT2D eigenvalue weighted by atomic mass is 32.2. The number of benzene rings is 1. The van der Waals surface area contributed by atoms with Gasteiger partial charge in [0.15, 0.2) is 0 Å². The Hall–Kier alpha value is -3.71. The summed E-state index contributed by atoms with van der Waals surface area (Å²) in [7, 11) is -1.29. The highest BCUT2D eigenvalue weighted by Gasteiger charge is 2.34. The van der Waals surface area contributed by atoms with Gasteiger partial charge in [-0.25, -0.2) is 18.0 Å². The van der Waals surface area contributed by atoms with E-state index in [9.17, 15) is 22.6 Å². The van der Waals surface area contributed by atoms with E-state index in [4.69, 9.17) is 4.74 Å². The molecule has 3 aromatic rings. The van der Waals surface area contributed by atoms with Crippen LogP contribution in [0.5, 0.6) is 0 Å². The van der Waals surface area contributed by atoms with E-state index < -0.39 is 33.4 Å². The van der Waals surface area contributed by atoms with Crippen molar-refractivity contribution in [2.24, 2.45) is 17.3 Å². The zero-order valence-corrected chi connectivity index (χ0v) is 23.9. The summed E-state index contributed by atoms with van der Waals surface area (Å²) in [6.07, 6.45) is 6.20. The average Bonchev–Trinajstić information content (AvgIpc) is 3.21. The summed E-state index contributed by atoms with van der Waals surface area (Å²) in [4.78, 5) is 32.8. The molecule has 4 heterocycles. The standard InChI is InChI=1S/C28H32F2N6O4S/c1-18-23(19-13-32-35(2)15-19)14-31-25(36-10-5-8-28(29,30)9-11-36)24(18)27(38)33-21-6-4-7-22(12-21)41(3,39)34-26(37)20-16-40-17-20/h4,6-7,12-15,20H,5,8-11,16-17H2,1-3H3,(H,33,38). The molecule has 1 aromatic carbocycles. The van der Waals surface area contributed by atoms with Gasteiger partial charge in [-0.1, -0.05) is 6.07 Å². The van der Waals surface area contributed by atoms with Crippen LogP contribution in [0, 0.1) is 12.8 Å². The minimum Gasteiger partial charge on any atom is -0.380 e. The molecule has 2 aliphatic rings. The zero-order valence-electron chi connectivity index (χ0n) is 23.1. The first-order valence-corrected chi connectivity index (χ1v) is 15.2. The molecule has 2 amide bonds. The van der Waals surface area contributed by atoms with Crippen molar-refractivity contribution in [2.45, 2.75) is 37.0 Å². The molecule has 2 aromatic heterocycles. The van der Waals surface area contributed by atoms with Crippen molar-refractivity contribution >= 4 is 33.0 Å². The molecule has 0 bridgehead atoms. The Kier molecular flexibility index (Phi) is 7.93. The van der Waals surface area contributed by atoms with E-state index in [1.165, 1.54) is 12.3 Å². The van der Waals surface area contributed by atoms with Crippen molar-refractivity contribution in [1.82, 2.24) is 14.8 Å². The maximum absolute atomic E-state index is 14.2. The van der Waals surface area contributed by atoms with Crippen molar-refractivity contribution in [3.8, 4) is 11.1 Å². The molecule has 13 heteroatoms. The second-order valence-electron chi connectivity index (χ2n) is 10.5. The number of rotatable bonds is 6. The maximum atomic E-state index is 14.2. The largest absolute Gasteiger partial charge is 0.380 e. The molecular formula is C28H32F2N6O4S. The van der Waals surface area contributed by atoms with E-state index in [2.05, 4.69) is 19.8 Å². The van der Waals surface area contributed by atoms with Crippen molar-refractivity contribution in [2.75, 3.05) is 42.8 Å². The van der Waals surface area contributed by atoms with E-state index in [1.807, 2.05) is 0 Å². The molecule has 1 N–H and O–H groups in total. The summed E-state index contributed by atoms with van der Waals surface area (Å²) in [6.45, 7) is 2.70. The Morgan fingerprint density at radius 3 is 2.66 bits per heavy atom. The SMILES string of the molecule is Cc1c(-c2cnn(C)c2)cnc(N2CCCC(F)(F)CC2)c1C(=O)Nc1cccc(S(C)(=O)=NC(=O)C2COC2)c1. The lowest BCUT2D eigenvalue weighted by molar-refractivity contribution is -0.134. The topological polar surface area (TPSA) is 119 Å². The molecule has 10 nitrogen and oxygen atoms in total. The summed E-state index contributed by atoms with van der Waals surface area (Å²) >= 11 is 0. The smallest absolute Gasteiger partial charge is 0.261 e. The van der Waals surface area contributed by atoms with E-state index in [-0.39, 0.29) is 49.5 Å². The molecule has 2 fully saturated rings. The lowest BCUT2D eigenvalue weighted by Gasteiger charge is -2.26. The first kappa shape index (κ1) is 28.8. The van der Waals surface area contributed by atoms with Crippen LogP contribution in [-0.2, 0) is 26.3 Å². The number of pyridine rings is 1. The number of amides is 2. The Balaban J connectivity index is 1.49. The number of anilines is 2. The van der Waals surface area contributed by atoms with E-state index in [0.717, 1.165) is 5.56 Å². The molecule has 2 aliphatic heterocycles. The number of carbonyl (C=O) groups excluding carboxylic acids is 2. The van der Waals surface area contributed by atoms with Gasteiger partial charge in [0.05, 0.1) is 40.6 Å². The van der Waals surface area contributed by atoms with E-state index in [1.54, 1.807) is 60.3 Å². The predicted molar refractivity (Wildman–Crippen MR) is 151 cm³/mol. The summed E-state index contributed by atoms with van der Waals surface area (Å²) < 4.78 is 52.2. The number of halogens is 2. The lowest BCUT2D eigenvalue weighted by Crippen LogP contribution is -2.34. The van der Waals surface area contributed by atoms with Crippen LogP contribution in [0.2, 0.25) is 0 Å². The third-order valence-electron chi connectivity index (χ3n) is 7.36. The first-order chi connectivity index (χ1) is 19.4. The van der Waals surface area contributed by atoms with Crippen LogP contribution in [0.1, 0.15) is 35.2 Å². The molecule has 41 heavy (non-hydrogen) atoms. The van der Waals surface area contributed by atoms with Crippen molar-refractivity contribution in [3.05, 3.63) is 54.0 Å². The number of aryl methyl sites for hydroxylation is 1. The molecule has 218 valence electrons. The number of aromatic nitrogens is 3. The second-order valence-corrected chi connectivity index (χ2v) is 12.8. The number of ether oxygens (including phenoxy) is 1. The van der Waals surface area contributed by atoms with Crippen LogP contribution in [0.15, 0.2) is 52.1 Å². The highest BCUT2D eigenvalue weighted by Crippen LogP contribution is 2.34. The van der Waals surface area contributed by atoms with Crippen LogP contribution in [0.3, 0.4) is 0 Å². The van der Waals surface area contributed by atoms with E-state index in [0.29, 0.717) is 29.2 Å². The Labute approximate surface area is 237 Å². The minimum absolute atomic E-state index is 0.0565. The van der Waals surface area contributed by atoms with Gasteiger partial charge in [0.1, 0.15) is 5.82 Å². The molecule has 0 saturated carbocycles. The fourth-order valence-electron chi connectivity index (χ4n) is 4.91.